The Hall–Kier alpha value is -0.180. The van der Waals surface area contributed by atoms with Gasteiger partial charge < -0.3 is 0 Å². The van der Waals surface area contributed by atoms with Crippen LogP contribution in [0.25, 0.3) is 0 Å². The van der Waals surface area contributed by atoms with Crippen LogP contribution in [-0.4, -0.2) is 34.6 Å². The van der Waals surface area contributed by atoms with E-state index in [9.17, 15) is 16.8 Å². The van der Waals surface area contributed by atoms with Crippen LogP contribution in [0.15, 0.2) is 0 Å². The molecule has 15 heavy (non-hydrogen) atoms. The standard InChI is InChI=1S/C7H13NO5S2/c1-14(9,10)13-7-3-2-5-4-6(5)15(11,12)8-7/h5-8H,2-4H2,1H3. The second-order valence-electron chi connectivity index (χ2n) is 4.06. The van der Waals surface area contributed by atoms with E-state index in [1.165, 1.54) is 0 Å². The van der Waals surface area contributed by atoms with Crippen LogP contribution in [0.4, 0.5) is 0 Å². The predicted molar refractivity (Wildman–Crippen MR) is 52.9 cm³/mol. The average Bonchev–Trinajstić information content (AvgIpc) is 2.73. The van der Waals surface area contributed by atoms with Gasteiger partial charge in [-0.1, -0.05) is 0 Å². The summed E-state index contributed by atoms with van der Waals surface area (Å²) in [7, 11) is -7.00. The second-order valence-corrected chi connectivity index (χ2v) is 7.60. The number of sulfonamides is 1. The highest BCUT2D eigenvalue weighted by molar-refractivity contribution is 7.90. The quantitative estimate of drug-likeness (QED) is 0.665. The topological polar surface area (TPSA) is 89.5 Å². The van der Waals surface area contributed by atoms with Crippen LogP contribution >= 0.6 is 0 Å². The zero-order valence-corrected chi connectivity index (χ0v) is 9.84. The molecule has 0 aromatic carbocycles. The van der Waals surface area contributed by atoms with Gasteiger partial charge in [-0.15, -0.1) is 0 Å². The Morgan fingerprint density at radius 1 is 1.33 bits per heavy atom. The Morgan fingerprint density at radius 3 is 2.60 bits per heavy atom. The third kappa shape index (κ3) is 2.68. The smallest absolute Gasteiger partial charge is 0.250 e. The van der Waals surface area contributed by atoms with Crippen molar-refractivity contribution in [3.05, 3.63) is 0 Å². The van der Waals surface area contributed by atoms with E-state index >= 15 is 0 Å². The van der Waals surface area contributed by atoms with Gasteiger partial charge in [-0.2, -0.15) is 13.1 Å². The molecule has 3 atom stereocenters. The highest BCUT2D eigenvalue weighted by atomic mass is 32.2. The predicted octanol–water partition coefficient (Wildman–Crippen LogP) is -0.610. The van der Waals surface area contributed by atoms with Crippen molar-refractivity contribution in [2.75, 3.05) is 6.26 Å². The molecule has 0 aromatic rings. The molecule has 6 nitrogen and oxygen atoms in total. The first kappa shape index (κ1) is 11.3. The van der Waals surface area contributed by atoms with Crippen molar-refractivity contribution in [3.63, 3.8) is 0 Å². The fourth-order valence-electron chi connectivity index (χ4n) is 1.88. The average molecular weight is 255 g/mol. The number of hydrogen-bond donors (Lipinski definition) is 1. The van der Waals surface area contributed by atoms with E-state index in [0.717, 1.165) is 6.26 Å². The lowest BCUT2D eigenvalue weighted by atomic mass is 10.2. The summed E-state index contributed by atoms with van der Waals surface area (Å²) in [6.45, 7) is 0. The molecule has 0 radical (unpaired) electrons. The van der Waals surface area contributed by atoms with Crippen LogP contribution in [-0.2, 0) is 24.3 Å². The third-order valence-electron chi connectivity index (χ3n) is 2.64. The van der Waals surface area contributed by atoms with Crippen molar-refractivity contribution < 1.29 is 21.0 Å². The number of hydrogen-bond acceptors (Lipinski definition) is 5. The maximum Gasteiger partial charge on any atom is 0.265 e. The molecule has 1 heterocycles. The Bertz CT molecular complexity index is 454. The fraction of sp³-hybridized carbons (Fsp3) is 1.00. The lowest BCUT2D eigenvalue weighted by Gasteiger charge is -2.15. The van der Waals surface area contributed by atoms with Gasteiger partial charge in [0.1, 0.15) is 6.23 Å². The molecule has 1 aliphatic heterocycles. The molecule has 1 aliphatic carbocycles. The van der Waals surface area contributed by atoms with Crippen LogP contribution in [0.3, 0.4) is 0 Å². The van der Waals surface area contributed by atoms with Gasteiger partial charge >= 0.3 is 0 Å². The minimum Gasteiger partial charge on any atom is -0.250 e. The lowest BCUT2D eigenvalue weighted by Crippen LogP contribution is -2.38. The summed E-state index contributed by atoms with van der Waals surface area (Å²) in [6.07, 6.45) is 1.76. The first-order valence-corrected chi connectivity index (χ1v) is 8.03. The van der Waals surface area contributed by atoms with Crippen molar-refractivity contribution in [1.29, 1.82) is 0 Å². The van der Waals surface area contributed by atoms with Gasteiger partial charge in [0.05, 0.1) is 11.5 Å². The Kier molecular flexibility index (Phi) is 2.57. The summed E-state index contributed by atoms with van der Waals surface area (Å²) in [5.41, 5.74) is 0. The molecule has 0 bridgehead atoms. The third-order valence-corrected chi connectivity index (χ3v) is 5.19. The van der Waals surface area contributed by atoms with Crippen LogP contribution in [0.5, 0.6) is 0 Å². The SMILES string of the molecule is CS(=O)(=O)OC1CCC2CC2S(=O)(=O)N1. The van der Waals surface area contributed by atoms with Gasteiger partial charge in [0, 0.05) is 0 Å². The highest BCUT2D eigenvalue weighted by Crippen LogP contribution is 2.42. The number of rotatable bonds is 2. The molecule has 1 saturated heterocycles. The molecule has 0 aromatic heterocycles. The largest absolute Gasteiger partial charge is 0.265 e. The molecule has 88 valence electrons. The maximum absolute atomic E-state index is 11.6. The van der Waals surface area contributed by atoms with Crippen molar-refractivity contribution in [3.8, 4) is 0 Å². The van der Waals surface area contributed by atoms with Crippen molar-refractivity contribution in [2.45, 2.75) is 30.7 Å². The van der Waals surface area contributed by atoms with Gasteiger partial charge in [0.25, 0.3) is 10.1 Å². The second kappa shape index (κ2) is 3.41. The molecule has 1 N–H and O–H groups in total. The molecule has 1 saturated carbocycles. The summed E-state index contributed by atoms with van der Waals surface area (Å²) in [4.78, 5) is 0. The van der Waals surface area contributed by atoms with Crippen LogP contribution in [0.2, 0.25) is 0 Å². The zero-order valence-electron chi connectivity index (χ0n) is 8.21. The maximum atomic E-state index is 11.6. The van der Waals surface area contributed by atoms with E-state index < -0.39 is 26.4 Å². The van der Waals surface area contributed by atoms with Crippen LogP contribution in [0.1, 0.15) is 19.3 Å². The molecule has 2 aliphatic rings. The lowest BCUT2D eigenvalue weighted by molar-refractivity contribution is 0.187. The molecule has 2 fully saturated rings. The Labute approximate surface area is 89.2 Å². The monoisotopic (exact) mass is 255 g/mol. The van der Waals surface area contributed by atoms with E-state index in [0.29, 0.717) is 19.3 Å². The van der Waals surface area contributed by atoms with E-state index in [-0.39, 0.29) is 11.2 Å². The highest BCUT2D eigenvalue weighted by Gasteiger charge is 2.50. The zero-order chi connectivity index (χ0) is 11.3. The summed E-state index contributed by atoms with van der Waals surface area (Å²) in [5, 5.41) is -0.342. The van der Waals surface area contributed by atoms with E-state index in [1.807, 2.05) is 0 Å². The molecular weight excluding hydrogens is 242 g/mol. The van der Waals surface area contributed by atoms with E-state index in [1.54, 1.807) is 0 Å². The van der Waals surface area contributed by atoms with Gasteiger partial charge in [-0.05, 0) is 25.2 Å². The van der Waals surface area contributed by atoms with Crippen molar-refractivity contribution >= 4 is 20.1 Å². The van der Waals surface area contributed by atoms with Crippen LogP contribution < -0.4 is 4.72 Å². The summed E-state index contributed by atoms with van der Waals surface area (Å²) in [5.74, 6) is 0.177. The first-order chi connectivity index (χ1) is 6.78. The molecule has 2 rings (SSSR count). The molecule has 0 spiro atoms. The van der Waals surface area contributed by atoms with Gasteiger partial charge in [-0.25, -0.2) is 8.42 Å². The molecule has 3 unspecified atom stereocenters. The van der Waals surface area contributed by atoms with Crippen LogP contribution in [0, 0.1) is 5.92 Å². The molecule has 0 amide bonds. The first-order valence-electron chi connectivity index (χ1n) is 4.67. The molecule has 8 heteroatoms. The summed E-state index contributed by atoms with van der Waals surface area (Å²) < 4.78 is 51.7. The van der Waals surface area contributed by atoms with Gasteiger partial charge in [0.15, 0.2) is 0 Å². The van der Waals surface area contributed by atoms with Crippen molar-refractivity contribution in [2.24, 2.45) is 5.92 Å². The normalized spacial score (nSPS) is 39.1. The van der Waals surface area contributed by atoms with Crippen molar-refractivity contribution in [1.82, 2.24) is 4.72 Å². The Morgan fingerprint density at radius 2 is 2.00 bits per heavy atom. The fourth-order valence-corrected chi connectivity index (χ4v) is 4.36. The minimum atomic E-state index is -3.62. The summed E-state index contributed by atoms with van der Waals surface area (Å²) >= 11 is 0. The molecular formula is C7H13NO5S2. The van der Waals surface area contributed by atoms with Gasteiger partial charge in [-0.3, -0.25) is 4.18 Å². The van der Waals surface area contributed by atoms with Gasteiger partial charge in [0.2, 0.25) is 10.0 Å². The minimum absolute atomic E-state index is 0.177. The number of nitrogens with one attached hydrogen (secondary N) is 1. The van der Waals surface area contributed by atoms with E-state index in [2.05, 4.69) is 8.91 Å². The Balaban J connectivity index is 2.10. The van der Waals surface area contributed by atoms with E-state index in [4.69, 9.17) is 0 Å². The summed E-state index contributed by atoms with van der Waals surface area (Å²) in [6, 6.07) is 0. The number of fused-ring (bicyclic) bond motifs is 1.